The predicted molar refractivity (Wildman–Crippen MR) is 285 cm³/mol. The molecule has 0 saturated carbocycles. The zero-order valence-corrected chi connectivity index (χ0v) is 36.6. The van der Waals surface area contributed by atoms with Crippen LogP contribution in [0.4, 0.5) is 0 Å². The van der Waals surface area contributed by atoms with Crippen LogP contribution in [0.1, 0.15) is 16.7 Å². The summed E-state index contributed by atoms with van der Waals surface area (Å²) >= 11 is 0. The average molecular weight is 854 g/mol. The molecular weight excluding hydrogens is 811 g/mol. The van der Waals surface area contributed by atoms with Gasteiger partial charge in [0.05, 0.1) is 16.7 Å². The van der Waals surface area contributed by atoms with Gasteiger partial charge in [-0.15, -0.1) is 0 Å². The Morgan fingerprint density at radius 1 is 0.403 bits per heavy atom. The van der Waals surface area contributed by atoms with Crippen molar-refractivity contribution in [2.24, 2.45) is 4.99 Å². The monoisotopic (exact) mass is 853 g/mol. The number of hydrogen-bond donors (Lipinski definition) is 1. The van der Waals surface area contributed by atoms with Crippen LogP contribution in [-0.2, 0) is 0 Å². The zero-order chi connectivity index (χ0) is 44.7. The van der Waals surface area contributed by atoms with E-state index >= 15 is 0 Å². The molecule has 1 heterocycles. The summed E-state index contributed by atoms with van der Waals surface area (Å²) in [4.78, 5) is 4.93. The van der Waals surface area contributed by atoms with E-state index in [0.717, 1.165) is 44.6 Å². The number of benzene rings is 11. The second-order valence-electron chi connectivity index (χ2n) is 17.1. The minimum absolute atomic E-state index is 0.213. The van der Waals surface area contributed by atoms with Crippen LogP contribution in [0.15, 0.2) is 254 Å². The number of rotatable bonds is 8. The third kappa shape index (κ3) is 7.29. The first-order valence-electron chi connectivity index (χ1n) is 22.8. The molecule has 0 fully saturated rings. The Kier molecular flexibility index (Phi) is 10.00. The van der Waals surface area contributed by atoms with E-state index in [-0.39, 0.29) is 5.84 Å². The largest absolute Gasteiger partial charge is 0.309 e. The smallest absolute Gasteiger partial charge is 0.152 e. The number of hydrogen-bond acceptors (Lipinski definition) is 1. The SMILES string of the molecule is N=C(N=C(/C=C/c1ccc(-c2ccc(-c3c4ccccc4cc4c3ccc3ccccc34)cc2)cc1)c1ccc(-c2cccc3c4ccccc4n(-c4ccccc4)c23)cc1)c1ccccc1. The Morgan fingerprint density at radius 2 is 1.00 bits per heavy atom. The first kappa shape index (κ1) is 39.7. The molecule has 0 saturated heterocycles. The summed E-state index contributed by atoms with van der Waals surface area (Å²) in [5.41, 5.74) is 14.0. The van der Waals surface area contributed by atoms with Crippen molar-refractivity contribution in [2.75, 3.05) is 0 Å². The average Bonchev–Trinajstić information content (AvgIpc) is 3.74. The number of aliphatic imine (C=N–C) groups is 1. The highest BCUT2D eigenvalue weighted by Gasteiger charge is 2.17. The summed E-state index contributed by atoms with van der Waals surface area (Å²) < 4.78 is 2.38. The lowest BCUT2D eigenvalue weighted by Gasteiger charge is -2.14. The molecule has 1 aromatic heterocycles. The molecule has 0 bridgehead atoms. The van der Waals surface area contributed by atoms with Crippen LogP contribution >= 0.6 is 0 Å². The lowest BCUT2D eigenvalue weighted by atomic mass is 9.89. The van der Waals surface area contributed by atoms with E-state index in [0.29, 0.717) is 5.71 Å². The first-order chi connectivity index (χ1) is 33.1. The predicted octanol–water partition coefficient (Wildman–Crippen LogP) is 16.8. The van der Waals surface area contributed by atoms with Gasteiger partial charge in [0.25, 0.3) is 0 Å². The Hall–Kier alpha value is -8.92. The van der Waals surface area contributed by atoms with Crippen molar-refractivity contribution in [3.8, 4) is 39.1 Å². The second-order valence-corrected chi connectivity index (χ2v) is 17.1. The highest BCUT2D eigenvalue weighted by molar-refractivity contribution is 6.21. The van der Waals surface area contributed by atoms with Gasteiger partial charge in [0, 0.05) is 33.2 Å². The van der Waals surface area contributed by atoms with Gasteiger partial charge in [-0.1, -0.05) is 224 Å². The first-order valence-corrected chi connectivity index (χ1v) is 22.8. The van der Waals surface area contributed by atoms with Crippen molar-refractivity contribution in [3.63, 3.8) is 0 Å². The number of aromatic nitrogens is 1. The molecule has 67 heavy (non-hydrogen) atoms. The molecule has 12 aromatic rings. The number of amidine groups is 1. The Bertz CT molecular complexity index is 3880. The van der Waals surface area contributed by atoms with Gasteiger partial charge in [-0.25, -0.2) is 4.99 Å². The van der Waals surface area contributed by atoms with Crippen LogP contribution < -0.4 is 0 Å². The number of allylic oxidation sites excluding steroid dienone is 1. The molecule has 0 amide bonds. The molecule has 3 nitrogen and oxygen atoms in total. The van der Waals surface area contributed by atoms with Gasteiger partial charge in [0.2, 0.25) is 0 Å². The summed E-state index contributed by atoms with van der Waals surface area (Å²) in [5, 5.41) is 19.0. The van der Waals surface area contributed by atoms with Crippen LogP contribution in [0.5, 0.6) is 0 Å². The molecule has 0 aliphatic heterocycles. The third-order valence-corrected chi connectivity index (χ3v) is 13.1. The maximum absolute atomic E-state index is 9.00. The lowest BCUT2D eigenvalue weighted by Crippen LogP contribution is -2.03. The maximum Gasteiger partial charge on any atom is 0.152 e. The van der Waals surface area contributed by atoms with Crippen molar-refractivity contribution in [1.82, 2.24) is 4.57 Å². The zero-order valence-electron chi connectivity index (χ0n) is 36.6. The number of fused-ring (bicyclic) bond motifs is 7. The fourth-order valence-electron chi connectivity index (χ4n) is 9.82. The van der Waals surface area contributed by atoms with Crippen molar-refractivity contribution in [2.45, 2.75) is 0 Å². The number of nitrogens with zero attached hydrogens (tertiary/aromatic N) is 2. The van der Waals surface area contributed by atoms with E-state index in [9.17, 15) is 0 Å². The van der Waals surface area contributed by atoms with Gasteiger partial charge in [0.15, 0.2) is 5.84 Å². The van der Waals surface area contributed by atoms with E-state index < -0.39 is 0 Å². The van der Waals surface area contributed by atoms with Crippen LogP contribution in [0.2, 0.25) is 0 Å². The lowest BCUT2D eigenvalue weighted by molar-refractivity contribution is 1.18. The van der Waals surface area contributed by atoms with E-state index in [4.69, 9.17) is 10.4 Å². The Morgan fingerprint density at radius 3 is 1.76 bits per heavy atom. The van der Waals surface area contributed by atoms with E-state index in [1.165, 1.54) is 65.3 Å². The van der Waals surface area contributed by atoms with Crippen LogP contribution in [0.25, 0.3) is 99.3 Å². The molecular formula is C64H43N3. The van der Waals surface area contributed by atoms with Crippen LogP contribution in [0.3, 0.4) is 0 Å². The van der Waals surface area contributed by atoms with Gasteiger partial charge < -0.3 is 4.57 Å². The molecule has 12 rings (SSSR count). The summed E-state index contributed by atoms with van der Waals surface area (Å²) in [6.07, 6.45) is 4.12. The van der Waals surface area contributed by atoms with Gasteiger partial charge >= 0.3 is 0 Å². The Labute approximate surface area is 389 Å². The summed E-state index contributed by atoms with van der Waals surface area (Å²) in [6, 6.07) is 86.0. The normalized spacial score (nSPS) is 12.0. The van der Waals surface area contributed by atoms with Crippen LogP contribution in [0, 0.1) is 5.41 Å². The minimum atomic E-state index is 0.213. The quantitative estimate of drug-likeness (QED) is 0.0685. The second kappa shape index (κ2) is 16.9. The van der Waals surface area contributed by atoms with Gasteiger partial charge in [-0.3, -0.25) is 5.41 Å². The summed E-state index contributed by atoms with van der Waals surface area (Å²) in [7, 11) is 0. The molecule has 0 unspecified atom stereocenters. The molecule has 11 aromatic carbocycles. The molecule has 3 heteroatoms. The molecule has 1 N–H and O–H groups in total. The molecule has 0 aliphatic carbocycles. The standard InChI is InChI=1S/C64H43N3/c65-64(50-15-3-1-4-16-50)66-60(48-35-33-47(34-36-48)55-23-13-24-58-56-22-11-12-25-61(56)67(63(55)58)52-18-5-2-6-19-52)41-28-43-26-29-44(30-27-43)45-31-37-49(38-32-45)62-54-21-10-8-17-51(54)42-59-53-20-9-7-14-46(53)39-40-57(59)62/h1-42,65H/b41-28+,65-64?,66-60?. The minimum Gasteiger partial charge on any atom is -0.309 e. The number of para-hydroxylation sites is 3. The molecule has 0 atom stereocenters. The third-order valence-electron chi connectivity index (χ3n) is 13.1. The Balaban J connectivity index is 0.861. The number of nitrogens with one attached hydrogen (secondary N) is 1. The van der Waals surface area contributed by atoms with Gasteiger partial charge in [0.1, 0.15) is 0 Å². The fraction of sp³-hybridized carbons (Fsp3) is 0. The summed E-state index contributed by atoms with van der Waals surface area (Å²) in [6.45, 7) is 0. The van der Waals surface area contributed by atoms with E-state index in [2.05, 4.69) is 223 Å². The topological polar surface area (TPSA) is 41.1 Å². The summed E-state index contributed by atoms with van der Waals surface area (Å²) in [5.74, 6) is 0.213. The maximum atomic E-state index is 9.00. The molecule has 0 spiro atoms. The molecule has 0 radical (unpaired) electrons. The van der Waals surface area contributed by atoms with Crippen molar-refractivity contribution in [1.29, 1.82) is 5.41 Å². The fourth-order valence-corrected chi connectivity index (χ4v) is 9.82. The van der Waals surface area contributed by atoms with E-state index in [1.807, 2.05) is 36.4 Å². The van der Waals surface area contributed by atoms with E-state index in [1.54, 1.807) is 0 Å². The van der Waals surface area contributed by atoms with Crippen molar-refractivity contribution < 1.29 is 0 Å². The molecule has 0 aliphatic rings. The highest BCUT2D eigenvalue weighted by Crippen LogP contribution is 2.41. The molecule has 314 valence electrons. The van der Waals surface area contributed by atoms with Crippen molar-refractivity contribution in [3.05, 3.63) is 265 Å². The van der Waals surface area contributed by atoms with Crippen molar-refractivity contribution >= 4 is 71.7 Å². The van der Waals surface area contributed by atoms with Gasteiger partial charge in [-0.2, -0.15) is 0 Å². The van der Waals surface area contributed by atoms with Gasteiger partial charge in [-0.05, 0) is 96.0 Å². The van der Waals surface area contributed by atoms with Crippen LogP contribution in [-0.4, -0.2) is 16.1 Å². The highest BCUT2D eigenvalue weighted by atomic mass is 15.0.